The van der Waals surface area contributed by atoms with Gasteiger partial charge in [0.2, 0.25) is 0 Å². The van der Waals surface area contributed by atoms with Crippen LogP contribution < -0.4 is 39.4 Å². The maximum Gasteiger partial charge on any atom is 1.00 e. The second kappa shape index (κ2) is 10.8. The molecule has 0 spiro atoms. The van der Waals surface area contributed by atoms with E-state index in [1.165, 1.54) is 21.3 Å². The van der Waals surface area contributed by atoms with Gasteiger partial charge in [0, 0.05) is 11.9 Å². The molecule has 0 aliphatic carbocycles. The molecule has 0 amide bonds. The van der Waals surface area contributed by atoms with Crippen LogP contribution in [0.25, 0.3) is 0 Å². The van der Waals surface area contributed by atoms with Crippen molar-refractivity contribution in [2.75, 3.05) is 27.8 Å². The standard InChI is InChI=1S/C11H15N3O5S.Na/c1-14(7-11(15)16)13-12-9-6-8(20-19-18-3)4-5-10(9)17-2;/h4-6H,7H2,1-3H3,(H,15,16);/q;+1/p-1. The number of ether oxygens (including phenoxy) is 1. The van der Waals surface area contributed by atoms with Crippen molar-refractivity contribution in [2.45, 2.75) is 4.90 Å². The van der Waals surface area contributed by atoms with Crippen molar-refractivity contribution in [1.29, 1.82) is 0 Å². The van der Waals surface area contributed by atoms with Gasteiger partial charge in [-0.25, -0.2) is 4.89 Å². The van der Waals surface area contributed by atoms with Crippen molar-refractivity contribution in [3.05, 3.63) is 18.2 Å². The van der Waals surface area contributed by atoms with Gasteiger partial charge < -0.3 is 14.6 Å². The van der Waals surface area contributed by atoms with Gasteiger partial charge in [0.1, 0.15) is 11.4 Å². The Morgan fingerprint density at radius 1 is 1.43 bits per heavy atom. The Kier molecular flexibility index (Phi) is 10.4. The van der Waals surface area contributed by atoms with Crippen molar-refractivity contribution in [3.8, 4) is 5.75 Å². The SMILES string of the molecule is COOSc1ccc(OC)c(N=NN(C)CC(=O)[O-])c1.[Na+]. The van der Waals surface area contributed by atoms with Gasteiger partial charge in [-0.1, -0.05) is 5.22 Å². The number of carboxylic acids is 1. The molecule has 0 fully saturated rings. The fourth-order valence-electron chi connectivity index (χ4n) is 1.22. The maximum absolute atomic E-state index is 10.4. The van der Waals surface area contributed by atoms with Crippen molar-refractivity contribution < 1.29 is 53.4 Å². The van der Waals surface area contributed by atoms with Gasteiger partial charge in [-0.2, -0.15) is 4.33 Å². The fourth-order valence-corrected chi connectivity index (χ4v) is 1.65. The third-order valence-corrected chi connectivity index (χ3v) is 2.66. The van der Waals surface area contributed by atoms with E-state index in [-0.39, 0.29) is 36.1 Å². The first-order valence-corrected chi connectivity index (χ1v) is 6.19. The summed E-state index contributed by atoms with van der Waals surface area (Å²) >= 11 is 1.00. The van der Waals surface area contributed by atoms with Gasteiger partial charge >= 0.3 is 29.6 Å². The number of carbonyl (C=O) groups excluding carboxylic acids is 1. The van der Waals surface area contributed by atoms with Crippen molar-refractivity contribution in [3.63, 3.8) is 0 Å². The molecule has 8 nitrogen and oxygen atoms in total. The summed E-state index contributed by atoms with van der Waals surface area (Å²) in [5.41, 5.74) is 0.433. The first kappa shape index (κ1) is 20.2. The van der Waals surface area contributed by atoms with Crippen LogP contribution in [0.15, 0.2) is 33.4 Å². The summed E-state index contributed by atoms with van der Waals surface area (Å²) in [6.07, 6.45) is 0. The number of likely N-dealkylation sites (N-methyl/N-ethyl adjacent to an activating group) is 1. The molecule has 0 unspecified atom stereocenters. The van der Waals surface area contributed by atoms with E-state index in [9.17, 15) is 9.90 Å². The van der Waals surface area contributed by atoms with E-state index in [0.717, 1.165) is 21.9 Å². The molecule has 1 rings (SSSR count). The number of carbonyl (C=O) groups is 1. The Hall–Kier alpha value is -0.840. The molecule has 21 heavy (non-hydrogen) atoms. The van der Waals surface area contributed by atoms with Crippen LogP contribution in [0.1, 0.15) is 0 Å². The number of rotatable bonds is 8. The Morgan fingerprint density at radius 2 is 2.14 bits per heavy atom. The van der Waals surface area contributed by atoms with Gasteiger partial charge in [0.05, 0.1) is 38.8 Å². The minimum Gasteiger partial charge on any atom is -0.548 e. The molecule has 0 radical (unpaired) electrons. The largest absolute Gasteiger partial charge is 1.00 e. The minimum absolute atomic E-state index is 0. The number of carboxylic acid groups (broad SMARTS) is 1. The fraction of sp³-hybridized carbons (Fsp3) is 0.364. The number of methoxy groups -OCH3 is 1. The molecule has 0 saturated carbocycles. The Labute approximate surface area is 148 Å². The van der Waals surface area contributed by atoms with Crippen LogP contribution >= 0.6 is 12.0 Å². The van der Waals surface area contributed by atoms with Gasteiger partial charge in [0.25, 0.3) is 0 Å². The zero-order valence-electron chi connectivity index (χ0n) is 12.2. The predicted molar refractivity (Wildman–Crippen MR) is 69.1 cm³/mol. The van der Waals surface area contributed by atoms with E-state index in [1.807, 2.05) is 0 Å². The van der Waals surface area contributed by atoms with E-state index in [1.54, 1.807) is 18.2 Å². The Bertz CT molecular complexity index is 489. The van der Waals surface area contributed by atoms with Gasteiger partial charge in [-0.15, -0.1) is 5.11 Å². The quantitative estimate of drug-likeness (QED) is 0.179. The second-order valence-electron chi connectivity index (χ2n) is 3.53. The number of nitrogens with zero attached hydrogens (tertiary/aromatic N) is 3. The van der Waals surface area contributed by atoms with Gasteiger partial charge in [0.15, 0.2) is 0 Å². The first-order chi connectivity index (χ1) is 9.56. The molecule has 1 aromatic rings. The van der Waals surface area contributed by atoms with Crippen LogP contribution in [0.2, 0.25) is 0 Å². The number of hydrogen-bond donors (Lipinski definition) is 0. The summed E-state index contributed by atoms with van der Waals surface area (Å²) in [6.45, 7) is -0.354. The van der Waals surface area contributed by atoms with Crippen LogP contribution in [0, 0.1) is 0 Å². The smallest absolute Gasteiger partial charge is 0.548 e. The number of hydrogen-bond acceptors (Lipinski definition) is 8. The monoisotopic (exact) mass is 323 g/mol. The van der Waals surface area contributed by atoms with Crippen molar-refractivity contribution >= 4 is 23.7 Å². The Morgan fingerprint density at radius 3 is 2.71 bits per heavy atom. The molecule has 1 aromatic carbocycles. The van der Waals surface area contributed by atoms with Gasteiger partial charge in [-0.05, 0) is 18.2 Å². The van der Waals surface area contributed by atoms with Crippen LogP contribution in [-0.2, 0) is 14.0 Å². The molecule has 0 N–H and O–H groups in total. The maximum atomic E-state index is 10.4. The van der Waals surface area contributed by atoms with E-state index in [0.29, 0.717) is 11.4 Å². The van der Waals surface area contributed by atoms with Crippen LogP contribution in [-0.4, -0.2) is 38.8 Å². The first-order valence-electron chi connectivity index (χ1n) is 5.44. The van der Waals surface area contributed by atoms with Crippen LogP contribution in [0.5, 0.6) is 5.75 Å². The summed E-state index contributed by atoms with van der Waals surface area (Å²) in [6, 6.07) is 5.11. The number of aliphatic carboxylic acids is 1. The van der Waals surface area contributed by atoms with Crippen LogP contribution in [0.4, 0.5) is 5.69 Å². The molecule has 0 aliphatic heterocycles. The molecule has 110 valence electrons. The molecule has 0 bridgehead atoms. The molecule has 0 saturated heterocycles. The van der Waals surface area contributed by atoms with E-state index < -0.39 is 5.97 Å². The van der Waals surface area contributed by atoms with Crippen molar-refractivity contribution in [1.82, 2.24) is 5.01 Å². The topological polar surface area (TPSA) is 95.8 Å². The van der Waals surface area contributed by atoms with Crippen molar-refractivity contribution in [2.24, 2.45) is 10.3 Å². The third-order valence-electron chi connectivity index (χ3n) is 2.01. The summed E-state index contributed by atoms with van der Waals surface area (Å²) in [7, 11) is 4.36. The zero-order chi connectivity index (χ0) is 15.0. The third kappa shape index (κ3) is 7.65. The number of benzene rings is 1. The summed E-state index contributed by atoms with van der Waals surface area (Å²) in [4.78, 5) is 15.6. The average Bonchev–Trinajstić information content (AvgIpc) is 2.42. The normalized spacial score (nSPS) is 10.2. The summed E-state index contributed by atoms with van der Waals surface area (Å²) in [5.74, 6) is -0.742. The van der Waals surface area contributed by atoms with E-state index >= 15 is 0 Å². The average molecular weight is 323 g/mol. The van der Waals surface area contributed by atoms with E-state index in [2.05, 4.69) is 15.2 Å². The molecule has 10 heteroatoms. The summed E-state index contributed by atoms with van der Waals surface area (Å²) < 4.78 is 9.87. The minimum atomic E-state index is -1.24. The van der Waals surface area contributed by atoms with Crippen LogP contribution in [0.3, 0.4) is 0 Å². The molecule has 0 heterocycles. The molecule has 0 aromatic heterocycles. The molecular weight excluding hydrogens is 309 g/mol. The second-order valence-corrected chi connectivity index (χ2v) is 4.30. The zero-order valence-corrected chi connectivity index (χ0v) is 15.0. The Balaban J connectivity index is 0.00000400. The van der Waals surface area contributed by atoms with E-state index in [4.69, 9.17) is 9.07 Å². The predicted octanol–water partition coefficient (Wildman–Crippen LogP) is -2.04. The molecule has 0 atom stereocenters. The molecular formula is C11H14N3NaO5S. The summed E-state index contributed by atoms with van der Waals surface area (Å²) in [5, 5.41) is 19.2. The van der Waals surface area contributed by atoms with Gasteiger partial charge in [-0.3, -0.25) is 5.01 Å². The molecule has 0 aliphatic rings.